The van der Waals surface area contributed by atoms with Gasteiger partial charge >= 0.3 is 0 Å². The standard InChI is InChI=1S/C21H17ClI2N2O/c22-18-8-6-15(7-9-18)12-25-26-13-17-10-19(23)21(20(24)11-17)27-14-16-4-2-1-3-5-16/h1-11,13,25H,12,14H2/b26-13-. The lowest BCUT2D eigenvalue weighted by Gasteiger charge is -2.11. The SMILES string of the molecule is Clc1ccc(CN/N=C\c2cc(I)c(OCc3ccccc3)c(I)c2)cc1. The lowest BCUT2D eigenvalue weighted by molar-refractivity contribution is 0.302. The van der Waals surface area contributed by atoms with Crippen LogP contribution in [0.2, 0.25) is 5.02 Å². The van der Waals surface area contributed by atoms with Crippen LogP contribution >= 0.6 is 56.8 Å². The van der Waals surface area contributed by atoms with Gasteiger partial charge in [0.2, 0.25) is 0 Å². The van der Waals surface area contributed by atoms with E-state index in [1.807, 2.05) is 48.7 Å². The summed E-state index contributed by atoms with van der Waals surface area (Å²) in [5, 5.41) is 5.05. The van der Waals surface area contributed by atoms with E-state index in [-0.39, 0.29) is 0 Å². The average Bonchev–Trinajstić information content (AvgIpc) is 2.67. The maximum atomic E-state index is 6.02. The maximum absolute atomic E-state index is 6.02. The van der Waals surface area contributed by atoms with Crippen molar-refractivity contribution < 1.29 is 4.74 Å². The number of ether oxygens (including phenoxy) is 1. The molecule has 0 aliphatic rings. The molecule has 3 aromatic rings. The lowest BCUT2D eigenvalue weighted by Crippen LogP contribution is -2.05. The minimum absolute atomic E-state index is 0.558. The highest BCUT2D eigenvalue weighted by Crippen LogP contribution is 2.29. The van der Waals surface area contributed by atoms with Crippen molar-refractivity contribution in [3.8, 4) is 5.75 Å². The third kappa shape index (κ3) is 6.36. The van der Waals surface area contributed by atoms with Gasteiger partial charge in [-0.05, 0) is 86.1 Å². The first-order valence-corrected chi connectivity index (χ1v) is 10.8. The van der Waals surface area contributed by atoms with Crippen molar-refractivity contribution in [2.75, 3.05) is 0 Å². The Kier molecular flexibility index (Phi) is 7.78. The van der Waals surface area contributed by atoms with Gasteiger partial charge < -0.3 is 10.2 Å². The summed E-state index contributed by atoms with van der Waals surface area (Å²) in [4.78, 5) is 0. The van der Waals surface area contributed by atoms with Crippen molar-refractivity contribution in [2.45, 2.75) is 13.2 Å². The number of hydrogen-bond donors (Lipinski definition) is 1. The molecular formula is C21H17ClI2N2O. The molecule has 3 rings (SSSR count). The van der Waals surface area contributed by atoms with Crippen molar-refractivity contribution in [1.29, 1.82) is 0 Å². The molecule has 0 fully saturated rings. The first kappa shape index (κ1) is 20.4. The number of hydrogen-bond acceptors (Lipinski definition) is 3. The Bertz CT molecular complexity index is 892. The monoisotopic (exact) mass is 602 g/mol. The Labute approximate surface area is 191 Å². The topological polar surface area (TPSA) is 33.6 Å². The first-order chi connectivity index (χ1) is 13.1. The molecule has 0 aromatic heterocycles. The molecule has 0 aliphatic heterocycles. The number of benzene rings is 3. The van der Waals surface area contributed by atoms with Gasteiger partial charge in [0.15, 0.2) is 0 Å². The number of halogens is 3. The third-order valence-electron chi connectivity index (χ3n) is 3.75. The molecule has 0 aliphatic carbocycles. The normalized spacial score (nSPS) is 10.9. The molecule has 138 valence electrons. The molecule has 27 heavy (non-hydrogen) atoms. The van der Waals surface area contributed by atoms with Gasteiger partial charge in [0.05, 0.1) is 19.9 Å². The second kappa shape index (κ2) is 10.3. The Morgan fingerprint density at radius 2 is 1.59 bits per heavy atom. The second-order valence-electron chi connectivity index (χ2n) is 5.81. The van der Waals surface area contributed by atoms with Crippen LogP contribution in [0.15, 0.2) is 71.8 Å². The van der Waals surface area contributed by atoms with E-state index in [1.165, 1.54) is 0 Å². The average molecular weight is 603 g/mol. The van der Waals surface area contributed by atoms with Crippen LogP contribution in [0.5, 0.6) is 5.75 Å². The summed E-state index contributed by atoms with van der Waals surface area (Å²) in [6, 6.07) is 22.0. The zero-order valence-electron chi connectivity index (χ0n) is 14.3. The van der Waals surface area contributed by atoms with Crippen molar-refractivity contribution in [1.82, 2.24) is 5.43 Å². The van der Waals surface area contributed by atoms with E-state index in [4.69, 9.17) is 16.3 Å². The van der Waals surface area contributed by atoms with E-state index in [0.29, 0.717) is 13.2 Å². The number of nitrogens with one attached hydrogen (secondary N) is 1. The number of rotatable bonds is 7. The molecule has 0 atom stereocenters. The molecule has 0 unspecified atom stereocenters. The zero-order valence-corrected chi connectivity index (χ0v) is 19.4. The van der Waals surface area contributed by atoms with Crippen molar-refractivity contribution in [2.24, 2.45) is 5.10 Å². The van der Waals surface area contributed by atoms with Crippen LogP contribution < -0.4 is 10.2 Å². The predicted molar refractivity (Wildman–Crippen MR) is 129 cm³/mol. The molecule has 0 saturated carbocycles. The predicted octanol–water partition coefficient (Wildman–Crippen LogP) is 6.25. The molecule has 3 nitrogen and oxygen atoms in total. The highest BCUT2D eigenvalue weighted by atomic mass is 127. The van der Waals surface area contributed by atoms with Gasteiger partial charge in [-0.2, -0.15) is 5.10 Å². The van der Waals surface area contributed by atoms with Gasteiger partial charge in [-0.25, -0.2) is 0 Å². The molecule has 0 saturated heterocycles. The smallest absolute Gasteiger partial charge is 0.146 e. The molecule has 6 heteroatoms. The van der Waals surface area contributed by atoms with Gasteiger partial charge in [0.1, 0.15) is 12.4 Å². The highest BCUT2D eigenvalue weighted by molar-refractivity contribution is 14.1. The minimum atomic E-state index is 0.558. The van der Waals surface area contributed by atoms with Crippen LogP contribution in [0.25, 0.3) is 0 Å². The van der Waals surface area contributed by atoms with Gasteiger partial charge in [-0.3, -0.25) is 0 Å². The highest BCUT2D eigenvalue weighted by Gasteiger charge is 2.08. The van der Waals surface area contributed by atoms with Crippen molar-refractivity contribution in [3.05, 3.63) is 95.6 Å². The summed E-state index contributed by atoms with van der Waals surface area (Å²) in [5.41, 5.74) is 6.37. The van der Waals surface area contributed by atoms with Crippen LogP contribution in [0.1, 0.15) is 16.7 Å². The molecule has 3 aromatic carbocycles. The third-order valence-corrected chi connectivity index (χ3v) is 5.60. The number of nitrogens with zero attached hydrogens (tertiary/aromatic N) is 1. The molecule has 0 radical (unpaired) electrons. The summed E-state index contributed by atoms with van der Waals surface area (Å²) in [5.74, 6) is 0.909. The van der Waals surface area contributed by atoms with Crippen LogP contribution in [0.4, 0.5) is 0 Å². The van der Waals surface area contributed by atoms with E-state index >= 15 is 0 Å². The van der Waals surface area contributed by atoms with Crippen LogP contribution in [-0.2, 0) is 13.2 Å². The van der Waals surface area contributed by atoms with Crippen LogP contribution in [-0.4, -0.2) is 6.21 Å². The number of hydrazone groups is 1. The van der Waals surface area contributed by atoms with E-state index in [0.717, 1.165) is 34.6 Å². The first-order valence-electron chi connectivity index (χ1n) is 8.28. The molecule has 0 heterocycles. The maximum Gasteiger partial charge on any atom is 0.146 e. The summed E-state index contributed by atoms with van der Waals surface area (Å²) in [6.45, 7) is 1.21. The quantitative estimate of drug-likeness (QED) is 0.197. The van der Waals surface area contributed by atoms with E-state index < -0.39 is 0 Å². The molecule has 1 N–H and O–H groups in total. The van der Waals surface area contributed by atoms with Gasteiger partial charge in [0.25, 0.3) is 0 Å². The Hall–Kier alpha value is -1.32. The van der Waals surface area contributed by atoms with Gasteiger partial charge in [0, 0.05) is 5.02 Å². The summed E-state index contributed by atoms with van der Waals surface area (Å²) >= 11 is 10.5. The zero-order chi connectivity index (χ0) is 19.1. The van der Waals surface area contributed by atoms with E-state index in [1.54, 1.807) is 0 Å². The van der Waals surface area contributed by atoms with E-state index in [9.17, 15) is 0 Å². The van der Waals surface area contributed by atoms with E-state index in [2.05, 4.69) is 80.0 Å². The fourth-order valence-corrected chi connectivity index (χ4v) is 4.63. The minimum Gasteiger partial charge on any atom is -0.487 e. The van der Waals surface area contributed by atoms with Crippen LogP contribution in [0.3, 0.4) is 0 Å². The molecule has 0 bridgehead atoms. The van der Waals surface area contributed by atoms with Crippen LogP contribution in [0, 0.1) is 7.14 Å². The summed E-state index contributed by atoms with van der Waals surface area (Å²) < 4.78 is 8.14. The second-order valence-corrected chi connectivity index (χ2v) is 8.57. The fourth-order valence-electron chi connectivity index (χ4n) is 2.38. The molecule has 0 amide bonds. The lowest BCUT2D eigenvalue weighted by atomic mass is 10.2. The van der Waals surface area contributed by atoms with Gasteiger partial charge in [-0.15, -0.1) is 0 Å². The molecular weight excluding hydrogens is 586 g/mol. The summed E-state index contributed by atoms with van der Waals surface area (Å²) in [6.07, 6.45) is 1.82. The van der Waals surface area contributed by atoms with Crippen molar-refractivity contribution >= 4 is 63.0 Å². The largest absolute Gasteiger partial charge is 0.487 e. The van der Waals surface area contributed by atoms with Crippen molar-refractivity contribution in [3.63, 3.8) is 0 Å². The fraction of sp³-hybridized carbons (Fsp3) is 0.0952. The Balaban J connectivity index is 1.59. The summed E-state index contributed by atoms with van der Waals surface area (Å²) in [7, 11) is 0. The molecule has 0 spiro atoms. The van der Waals surface area contributed by atoms with Gasteiger partial charge in [-0.1, -0.05) is 54.1 Å². The Morgan fingerprint density at radius 1 is 0.926 bits per heavy atom. The Morgan fingerprint density at radius 3 is 2.26 bits per heavy atom.